The number of carbonyl (C=O) groups is 1. The fourth-order valence-corrected chi connectivity index (χ4v) is 2.98. The lowest BCUT2D eigenvalue weighted by atomic mass is 10.0. The second kappa shape index (κ2) is 6.18. The number of aromatic nitrogens is 1. The van der Waals surface area contributed by atoms with Crippen molar-refractivity contribution in [1.29, 1.82) is 0 Å². The van der Waals surface area contributed by atoms with Crippen LogP contribution >= 0.6 is 0 Å². The van der Waals surface area contributed by atoms with Crippen LogP contribution in [0.1, 0.15) is 17.8 Å². The van der Waals surface area contributed by atoms with Crippen molar-refractivity contribution in [3.8, 4) is 5.75 Å². The number of methoxy groups -OCH3 is 1. The number of hydrogen-bond donors (Lipinski definition) is 0. The van der Waals surface area contributed by atoms with Crippen LogP contribution in [0, 0.1) is 12.8 Å². The maximum Gasteiger partial charge on any atom is 0.227 e. The van der Waals surface area contributed by atoms with Gasteiger partial charge in [0, 0.05) is 24.3 Å². The number of carbonyl (C=O) groups excluding carboxylic acids is 1. The predicted octanol–water partition coefficient (Wildman–Crippen LogP) is 2.99. The van der Waals surface area contributed by atoms with Crippen molar-refractivity contribution in [2.45, 2.75) is 19.8 Å². The summed E-state index contributed by atoms with van der Waals surface area (Å²) in [6, 6.07) is 13.7. The first-order valence-electron chi connectivity index (χ1n) is 7.53. The Morgan fingerprint density at radius 1 is 1.23 bits per heavy atom. The van der Waals surface area contributed by atoms with Crippen molar-refractivity contribution in [2.75, 3.05) is 18.6 Å². The Bertz CT molecular complexity index is 670. The van der Waals surface area contributed by atoms with Crippen LogP contribution in [0.2, 0.25) is 0 Å². The number of benzene rings is 1. The van der Waals surface area contributed by atoms with Gasteiger partial charge < -0.3 is 9.64 Å². The number of amides is 1. The third kappa shape index (κ3) is 2.96. The molecule has 0 unspecified atom stereocenters. The highest BCUT2D eigenvalue weighted by molar-refractivity contribution is 5.95. The van der Waals surface area contributed by atoms with E-state index in [-0.39, 0.29) is 11.8 Å². The number of pyridine rings is 1. The lowest BCUT2D eigenvalue weighted by Crippen LogP contribution is -2.24. The lowest BCUT2D eigenvalue weighted by molar-refractivity contribution is -0.117. The second-order valence-corrected chi connectivity index (χ2v) is 5.72. The topological polar surface area (TPSA) is 42.4 Å². The number of ether oxygens (including phenoxy) is 1. The minimum atomic E-state index is 0.183. The van der Waals surface area contributed by atoms with Crippen LogP contribution in [0.25, 0.3) is 0 Å². The third-order valence-corrected chi connectivity index (χ3v) is 4.05. The van der Waals surface area contributed by atoms with Gasteiger partial charge in [-0.25, -0.2) is 0 Å². The highest BCUT2D eigenvalue weighted by atomic mass is 16.5. The minimum Gasteiger partial charge on any atom is -0.495 e. The average Bonchev–Trinajstić information content (AvgIpc) is 2.89. The summed E-state index contributed by atoms with van der Waals surface area (Å²) < 4.78 is 5.39. The van der Waals surface area contributed by atoms with Crippen LogP contribution in [0.4, 0.5) is 5.69 Å². The third-order valence-electron chi connectivity index (χ3n) is 4.05. The molecule has 2 heterocycles. The minimum absolute atomic E-state index is 0.183. The Labute approximate surface area is 130 Å². The molecule has 0 saturated carbocycles. The van der Waals surface area contributed by atoms with E-state index in [9.17, 15) is 4.79 Å². The maximum absolute atomic E-state index is 12.3. The summed E-state index contributed by atoms with van der Waals surface area (Å²) >= 11 is 0. The molecular formula is C18H20N2O2. The molecule has 1 aromatic heterocycles. The summed E-state index contributed by atoms with van der Waals surface area (Å²) in [6.45, 7) is 2.71. The van der Waals surface area contributed by atoms with E-state index < -0.39 is 0 Å². The molecule has 1 aliphatic rings. The molecule has 114 valence electrons. The number of nitrogens with zero attached hydrogens (tertiary/aromatic N) is 2. The summed E-state index contributed by atoms with van der Waals surface area (Å²) in [5.41, 5.74) is 2.88. The highest BCUT2D eigenvalue weighted by Gasteiger charge is 2.31. The fourth-order valence-electron chi connectivity index (χ4n) is 2.98. The summed E-state index contributed by atoms with van der Waals surface area (Å²) in [7, 11) is 1.66. The Hall–Kier alpha value is -2.36. The van der Waals surface area contributed by atoms with Crippen LogP contribution < -0.4 is 9.64 Å². The highest BCUT2D eigenvalue weighted by Crippen LogP contribution is 2.29. The van der Waals surface area contributed by atoms with Gasteiger partial charge in [-0.1, -0.05) is 18.2 Å². The van der Waals surface area contributed by atoms with Crippen molar-refractivity contribution in [3.63, 3.8) is 0 Å². The molecule has 0 radical (unpaired) electrons. The first-order valence-corrected chi connectivity index (χ1v) is 7.53. The van der Waals surface area contributed by atoms with Crippen molar-refractivity contribution in [3.05, 3.63) is 53.9 Å². The van der Waals surface area contributed by atoms with Crippen molar-refractivity contribution >= 4 is 11.6 Å². The van der Waals surface area contributed by atoms with Gasteiger partial charge in [-0.15, -0.1) is 0 Å². The van der Waals surface area contributed by atoms with Crippen molar-refractivity contribution in [1.82, 2.24) is 4.98 Å². The van der Waals surface area contributed by atoms with Crippen molar-refractivity contribution in [2.24, 2.45) is 5.92 Å². The Balaban J connectivity index is 1.76. The predicted molar refractivity (Wildman–Crippen MR) is 86.1 cm³/mol. The van der Waals surface area contributed by atoms with Crippen LogP contribution in [0.5, 0.6) is 5.75 Å². The lowest BCUT2D eigenvalue weighted by Gasteiger charge is -2.17. The van der Waals surface area contributed by atoms with E-state index in [1.54, 1.807) is 7.11 Å². The van der Waals surface area contributed by atoms with Gasteiger partial charge >= 0.3 is 0 Å². The molecule has 4 heteroatoms. The Kier molecular flexibility index (Phi) is 4.09. The molecule has 0 N–H and O–H groups in total. The van der Waals surface area contributed by atoms with Gasteiger partial charge in [0.25, 0.3) is 0 Å². The monoisotopic (exact) mass is 296 g/mol. The first kappa shape index (κ1) is 14.6. The number of para-hydroxylation sites is 1. The maximum atomic E-state index is 12.3. The summed E-state index contributed by atoms with van der Waals surface area (Å²) in [5, 5.41) is 0. The Morgan fingerprint density at radius 2 is 2.00 bits per heavy atom. The van der Waals surface area contributed by atoms with Gasteiger partial charge in [0.1, 0.15) is 5.75 Å². The van der Waals surface area contributed by atoms with Gasteiger partial charge in [-0.2, -0.15) is 0 Å². The molecule has 1 aromatic carbocycles. The molecule has 0 spiro atoms. The van der Waals surface area contributed by atoms with Crippen LogP contribution in [0.3, 0.4) is 0 Å². The number of rotatable bonds is 4. The van der Waals surface area contributed by atoms with Gasteiger partial charge in [0.2, 0.25) is 5.91 Å². The van der Waals surface area contributed by atoms with Crippen LogP contribution in [-0.2, 0) is 11.2 Å². The zero-order chi connectivity index (χ0) is 15.5. The largest absolute Gasteiger partial charge is 0.495 e. The molecule has 1 aliphatic heterocycles. The smallest absolute Gasteiger partial charge is 0.227 e. The molecule has 4 nitrogen and oxygen atoms in total. The van der Waals surface area contributed by atoms with E-state index in [0.29, 0.717) is 6.42 Å². The van der Waals surface area contributed by atoms with Crippen molar-refractivity contribution < 1.29 is 9.53 Å². The van der Waals surface area contributed by atoms with E-state index in [1.165, 1.54) is 0 Å². The molecule has 1 atom stereocenters. The first-order chi connectivity index (χ1) is 10.7. The molecule has 1 amide bonds. The van der Waals surface area contributed by atoms with Gasteiger partial charge in [0.15, 0.2) is 0 Å². The van der Waals surface area contributed by atoms with E-state index in [1.807, 2.05) is 54.3 Å². The number of anilines is 1. The fraction of sp³-hybridized carbons (Fsp3) is 0.333. The summed E-state index contributed by atoms with van der Waals surface area (Å²) in [5.74, 6) is 1.26. The molecule has 2 aromatic rings. The second-order valence-electron chi connectivity index (χ2n) is 5.72. The quantitative estimate of drug-likeness (QED) is 0.871. The summed E-state index contributed by atoms with van der Waals surface area (Å²) in [4.78, 5) is 18.7. The van der Waals surface area contributed by atoms with Gasteiger partial charge in [-0.3, -0.25) is 9.78 Å². The van der Waals surface area contributed by atoms with Gasteiger partial charge in [-0.05, 0) is 43.5 Å². The number of aryl methyl sites for hydroxylation is 1. The standard InChI is InChI=1S/C18H20N2O2/c1-13-8-9-17(22-2)16(19-13)10-14-11-18(21)20(12-14)15-6-4-3-5-7-15/h3-9,14H,10-12H2,1-2H3/t14-/m0/s1. The van der Waals surface area contributed by atoms with E-state index in [4.69, 9.17) is 4.74 Å². The van der Waals surface area contributed by atoms with E-state index >= 15 is 0 Å². The molecule has 22 heavy (non-hydrogen) atoms. The zero-order valence-electron chi connectivity index (χ0n) is 13.0. The van der Waals surface area contributed by atoms with Crippen LogP contribution in [0.15, 0.2) is 42.5 Å². The molecule has 1 fully saturated rings. The normalized spacial score (nSPS) is 17.8. The molecular weight excluding hydrogens is 276 g/mol. The Morgan fingerprint density at radius 3 is 2.73 bits per heavy atom. The molecule has 1 saturated heterocycles. The van der Waals surface area contributed by atoms with Crippen LogP contribution in [-0.4, -0.2) is 24.5 Å². The zero-order valence-corrected chi connectivity index (χ0v) is 13.0. The molecule has 3 rings (SSSR count). The van der Waals surface area contributed by atoms with E-state index in [0.717, 1.165) is 35.8 Å². The van der Waals surface area contributed by atoms with Gasteiger partial charge in [0.05, 0.1) is 12.8 Å². The van der Waals surface area contributed by atoms with E-state index in [2.05, 4.69) is 4.98 Å². The molecule has 0 aliphatic carbocycles. The molecule has 0 bridgehead atoms. The SMILES string of the molecule is COc1ccc(C)nc1C[C@H]1CC(=O)N(c2ccccc2)C1. The number of hydrogen-bond acceptors (Lipinski definition) is 3. The summed E-state index contributed by atoms with van der Waals surface area (Å²) in [6.07, 6.45) is 1.33. The average molecular weight is 296 g/mol.